The molecule has 0 saturated heterocycles. The average Bonchev–Trinajstić information content (AvgIpc) is 2.41. The SMILES string of the molecule is O=C(NCCCCCCO)c1cc(C(F)(F)F)ccc1Br. The Bertz CT molecular complexity index is 478. The number of alkyl halides is 3. The molecule has 1 aromatic carbocycles. The van der Waals surface area contributed by atoms with Gasteiger partial charge in [-0.05, 0) is 47.0 Å². The van der Waals surface area contributed by atoms with Gasteiger partial charge in [-0.15, -0.1) is 0 Å². The lowest BCUT2D eigenvalue weighted by atomic mass is 10.1. The monoisotopic (exact) mass is 367 g/mol. The number of benzene rings is 1. The fourth-order valence-corrected chi connectivity index (χ4v) is 2.19. The highest BCUT2D eigenvalue weighted by atomic mass is 79.9. The largest absolute Gasteiger partial charge is 0.416 e. The van der Waals surface area contributed by atoms with E-state index < -0.39 is 17.6 Å². The number of unbranched alkanes of at least 4 members (excludes halogenated alkanes) is 3. The fraction of sp³-hybridized carbons (Fsp3) is 0.500. The van der Waals surface area contributed by atoms with Crippen molar-refractivity contribution in [1.29, 1.82) is 0 Å². The van der Waals surface area contributed by atoms with Gasteiger partial charge in [-0.1, -0.05) is 12.8 Å². The van der Waals surface area contributed by atoms with E-state index in [1.165, 1.54) is 6.07 Å². The molecule has 1 amide bonds. The molecule has 1 aromatic rings. The molecule has 1 rings (SSSR count). The van der Waals surface area contributed by atoms with Crippen molar-refractivity contribution in [2.45, 2.75) is 31.9 Å². The smallest absolute Gasteiger partial charge is 0.396 e. The summed E-state index contributed by atoms with van der Waals surface area (Å²) in [4.78, 5) is 11.9. The molecule has 0 aromatic heterocycles. The molecule has 0 bridgehead atoms. The Kier molecular flexibility index (Phi) is 7.17. The number of rotatable bonds is 7. The van der Waals surface area contributed by atoms with Crippen LogP contribution in [0.2, 0.25) is 0 Å². The number of amides is 1. The fourth-order valence-electron chi connectivity index (χ4n) is 1.76. The molecule has 3 nitrogen and oxygen atoms in total. The van der Waals surface area contributed by atoms with Crippen LogP contribution in [-0.2, 0) is 6.18 Å². The molecule has 0 aliphatic rings. The van der Waals surface area contributed by atoms with Gasteiger partial charge in [0.1, 0.15) is 0 Å². The van der Waals surface area contributed by atoms with Crippen molar-refractivity contribution in [2.75, 3.05) is 13.2 Å². The van der Waals surface area contributed by atoms with Crippen LogP contribution in [0.5, 0.6) is 0 Å². The first kappa shape index (κ1) is 18.0. The molecule has 0 aliphatic carbocycles. The van der Waals surface area contributed by atoms with Crippen LogP contribution in [0, 0.1) is 0 Å². The van der Waals surface area contributed by atoms with Crippen molar-refractivity contribution in [3.8, 4) is 0 Å². The maximum atomic E-state index is 12.6. The lowest BCUT2D eigenvalue weighted by molar-refractivity contribution is -0.137. The number of hydrogen-bond acceptors (Lipinski definition) is 2. The minimum atomic E-state index is -4.47. The van der Waals surface area contributed by atoms with Gasteiger partial charge < -0.3 is 10.4 Å². The Labute approximate surface area is 129 Å². The molecule has 0 atom stereocenters. The van der Waals surface area contributed by atoms with Crippen molar-refractivity contribution in [1.82, 2.24) is 5.32 Å². The lowest BCUT2D eigenvalue weighted by Gasteiger charge is -2.11. The van der Waals surface area contributed by atoms with E-state index >= 15 is 0 Å². The van der Waals surface area contributed by atoms with Crippen LogP contribution in [0.3, 0.4) is 0 Å². The van der Waals surface area contributed by atoms with Crippen molar-refractivity contribution in [3.05, 3.63) is 33.8 Å². The van der Waals surface area contributed by atoms with E-state index in [1.54, 1.807) is 0 Å². The normalized spacial score (nSPS) is 11.5. The average molecular weight is 368 g/mol. The van der Waals surface area contributed by atoms with E-state index in [2.05, 4.69) is 21.2 Å². The second-order valence-electron chi connectivity index (χ2n) is 4.59. The number of aliphatic hydroxyl groups is 1. The van der Waals surface area contributed by atoms with Crippen LogP contribution in [0.25, 0.3) is 0 Å². The van der Waals surface area contributed by atoms with Gasteiger partial charge in [0, 0.05) is 17.6 Å². The van der Waals surface area contributed by atoms with E-state index in [4.69, 9.17) is 5.11 Å². The molecule has 0 saturated carbocycles. The number of nitrogens with one attached hydrogen (secondary N) is 1. The molecule has 2 N–H and O–H groups in total. The van der Waals surface area contributed by atoms with Crippen LogP contribution in [0.1, 0.15) is 41.6 Å². The third-order valence-corrected chi connectivity index (χ3v) is 3.60. The zero-order chi connectivity index (χ0) is 15.9. The maximum Gasteiger partial charge on any atom is 0.416 e. The second kappa shape index (κ2) is 8.38. The first-order valence-corrected chi connectivity index (χ1v) is 7.41. The Morgan fingerprint density at radius 3 is 2.48 bits per heavy atom. The van der Waals surface area contributed by atoms with Crippen LogP contribution in [0.15, 0.2) is 22.7 Å². The van der Waals surface area contributed by atoms with Crippen molar-refractivity contribution < 1.29 is 23.1 Å². The van der Waals surface area contributed by atoms with Crippen molar-refractivity contribution in [3.63, 3.8) is 0 Å². The maximum absolute atomic E-state index is 12.6. The minimum absolute atomic E-state index is 0.0276. The Hall–Kier alpha value is -1.08. The predicted octanol–water partition coefficient (Wildman–Crippen LogP) is 3.75. The molecular weight excluding hydrogens is 351 g/mol. The summed E-state index contributed by atoms with van der Waals surface area (Å²) >= 11 is 3.09. The molecular formula is C14H17BrF3NO2. The summed E-state index contributed by atoms with van der Waals surface area (Å²) in [6.07, 6.45) is -1.32. The topological polar surface area (TPSA) is 49.3 Å². The van der Waals surface area contributed by atoms with Gasteiger partial charge in [0.25, 0.3) is 5.91 Å². The molecule has 118 valence electrons. The standard InChI is InChI=1S/C14H17BrF3NO2/c15-12-6-5-10(14(16,17)18)9-11(12)13(21)19-7-3-1-2-4-8-20/h5-6,9,20H,1-4,7-8H2,(H,19,21). The van der Waals surface area contributed by atoms with E-state index in [0.29, 0.717) is 17.4 Å². The molecule has 0 heterocycles. The number of halogens is 4. The minimum Gasteiger partial charge on any atom is -0.396 e. The van der Waals surface area contributed by atoms with E-state index in [-0.39, 0.29) is 12.2 Å². The second-order valence-corrected chi connectivity index (χ2v) is 5.44. The van der Waals surface area contributed by atoms with Crippen LogP contribution in [0.4, 0.5) is 13.2 Å². The molecule has 7 heteroatoms. The van der Waals surface area contributed by atoms with Gasteiger partial charge in [0.2, 0.25) is 0 Å². The van der Waals surface area contributed by atoms with Gasteiger partial charge in [-0.25, -0.2) is 0 Å². The van der Waals surface area contributed by atoms with Gasteiger partial charge in [0.15, 0.2) is 0 Å². The van der Waals surface area contributed by atoms with Crippen LogP contribution in [-0.4, -0.2) is 24.2 Å². The van der Waals surface area contributed by atoms with Crippen LogP contribution < -0.4 is 5.32 Å². The zero-order valence-corrected chi connectivity index (χ0v) is 12.9. The highest BCUT2D eigenvalue weighted by Gasteiger charge is 2.31. The molecule has 0 spiro atoms. The van der Waals surface area contributed by atoms with Crippen molar-refractivity contribution in [2.24, 2.45) is 0 Å². The third kappa shape index (κ3) is 6.05. The lowest BCUT2D eigenvalue weighted by Crippen LogP contribution is -2.25. The van der Waals surface area contributed by atoms with Gasteiger partial charge in [-0.3, -0.25) is 4.79 Å². The third-order valence-electron chi connectivity index (χ3n) is 2.91. The summed E-state index contributed by atoms with van der Waals surface area (Å²) in [7, 11) is 0. The van der Waals surface area contributed by atoms with Gasteiger partial charge in [-0.2, -0.15) is 13.2 Å². The molecule has 0 fully saturated rings. The number of hydrogen-bond donors (Lipinski definition) is 2. The summed E-state index contributed by atoms with van der Waals surface area (Å²) in [6, 6.07) is 2.99. The van der Waals surface area contributed by atoms with E-state index in [0.717, 1.165) is 31.4 Å². The first-order valence-electron chi connectivity index (χ1n) is 6.62. The van der Waals surface area contributed by atoms with Gasteiger partial charge in [0.05, 0.1) is 11.1 Å². The quantitative estimate of drug-likeness (QED) is 0.721. The van der Waals surface area contributed by atoms with Crippen LogP contribution >= 0.6 is 15.9 Å². The number of carbonyl (C=O) groups excluding carboxylic acids is 1. The van der Waals surface area contributed by atoms with Crippen molar-refractivity contribution >= 4 is 21.8 Å². The van der Waals surface area contributed by atoms with Gasteiger partial charge >= 0.3 is 6.18 Å². The first-order chi connectivity index (χ1) is 9.86. The number of carbonyl (C=O) groups is 1. The van der Waals surface area contributed by atoms with E-state index in [9.17, 15) is 18.0 Å². The summed E-state index contributed by atoms with van der Waals surface area (Å²) < 4.78 is 38.2. The summed E-state index contributed by atoms with van der Waals surface area (Å²) in [5.74, 6) is -0.532. The number of aliphatic hydroxyl groups excluding tert-OH is 1. The predicted molar refractivity (Wildman–Crippen MR) is 77.0 cm³/mol. The van der Waals surface area contributed by atoms with E-state index in [1.807, 2.05) is 0 Å². The molecule has 0 unspecified atom stereocenters. The summed E-state index contributed by atoms with van der Waals surface area (Å²) in [5, 5.41) is 11.2. The zero-order valence-electron chi connectivity index (χ0n) is 11.3. The summed E-state index contributed by atoms with van der Waals surface area (Å²) in [6.45, 7) is 0.538. The summed E-state index contributed by atoms with van der Waals surface area (Å²) in [5.41, 5.74) is -0.876. The Balaban J connectivity index is 2.57. The highest BCUT2D eigenvalue weighted by molar-refractivity contribution is 9.10. The molecule has 0 aliphatic heterocycles. The highest BCUT2D eigenvalue weighted by Crippen LogP contribution is 2.31. The molecule has 0 radical (unpaired) electrons. The Morgan fingerprint density at radius 2 is 1.86 bits per heavy atom. The molecule has 21 heavy (non-hydrogen) atoms. The Morgan fingerprint density at radius 1 is 1.19 bits per heavy atom.